The SMILES string of the molecule is CCn1cc(F)c2cc(-c3ncc(N(C)[C@H]4CC5CCC(N5)[C@H]4F)nn3)c(O)cc2c1=O. The van der Waals surface area contributed by atoms with E-state index in [1.807, 2.05) is 0 Å². The molecule has 4 atom stereocenters. The number of nitrogens with zero attached hydrogens (tertiary/aromatic N) is 5. The van der Waals surface area contributed by atoms with Crippen LogP contribution >= 0.6 is 0 Å². The molecule has 4 heterocycles. The third kappa shape index (κ3) is 3.29. The van der Waals surface area contributed by atoms with Crippen molar-refractivity contribution in [2.45, 2.75) is 57.0 Å². The maximum absolute atomic E-state index is 14.9. The molecule has 32 heavy (non-hydrogen) atoms. The number of phenols is 1. The van der Waals surface area contributed by atoms with Crippen LogP contribution in [0.4, 0.5) is 14.6 Å². The van der Waals surface area contributed by atoms with Crippen LogP contribution in [0.5, 0.6) is 5.75 Å². The van der Waals surface area contributed by atoms with Crippen LogP contribution in [-0.4, -0.2) is 56.2 Å². The molecule has 3 aromatic rings. The molecule has 0 spiro atoms. The van der Waals surface area contributed by atoms with Crippen molar-refractivity contribution in [2.75, 3.05) is 11.9 Å². The van der Waals surface area contributed by atoms with Crippen molar-refractivity contribution >= 4 is 16.6 Å². The second-order valence-electron chi connectivity index (χ2n) is 8.53. The Kier molecular flexibility index (Phi) is 5.04. The summed E-state index contributed by atoms with van der Waals surface area (Å²) in [5, 5.41) is 22.2. The summed E-state index contributed by atoms with van der Waals surface area (Å²) in [6.45, 7) is 2.05. The van der Waals surface area contributed by atoms with Gasteiger partial charge in [0.1, 0.15) is 17.7 Å². The summed E-state index contributed by atoms with van der Waals surface area (Å²) in [4.78, 5) is 18.5. The summed E-state index contributed by atoms with van der Waals surface area (Å²) < 4.78 is 30.7. The number of benzene rings is 1. The van der Waals surface area contributed by atoms with E-state index in [1.165, 1.54) is 22.9 Å². The number of hydrogen-bond donors (Lipinski definition) is 2. The average molecular weight is 442 g/mol. The maximum atomic E-state index is 14.9. The van der Waals surface area contributed by atoms with E-state index in [4.69, 9.17) is 0 Å². The second-order valence-corrected chi connectivity index (χ2v) is 8.53. The molecule has 168 valence electrons. The Morgan fingerprint density at radius 3 is 2.81 bits per heavy atom. The first-order valence-electron chi connectivity index (χ1n) is 10.8. The first-order chi connectivity index (χ1) is 15.4. The van der Waals surface area contributed by atoms with Gasteiger partial charge < -0.3 is 19.9 Å². The fourth-order valence-corrected chi connectivity index (χ4v) is 4.87. The second kappa shape index (κ2) is 7.77. The van der Waals surface area contributed by atoms with E-state index < -0.39 is 17.5 Å². The minimum atomic E-state index is -1.01. The van der Waals surface area contributed by atoms with Crippen molar-refractivity contribution in [1.29, 1.82) is 0 Å². The number of hydrogen-bond acceptors (Lipinski definition) is 7. The number of fused-ring (bicyclic) bond motifs is 3. The van der Waals surface area contributed by atoms with Crippen LogP contribution in [0, 0.1) is 5.82 Å². The molecule has 5 rings (SSSR count). The van der Waals surface area contributed by atoms with Gasteiger partial charge in [0.25, 0.3) is 5.56 Å². The molecule has 0 radical (unpaired) electrons. The molecule has 8 nitrogen and oxygen atoms in total. The predicted molar refractivity (Wildman–Crippen MR) is 116 cm³/mol. The van der Waals surface area contributed by atoms with Gasteiger partial charge in [-0.2, -0.15) is 0 Å². The summed E-state index contributed by atoms with van der Waals surface area (Å²) >= 11 is 0. The van der Waals surface area contributed by atoms with Gasteiger partial charge in [-0.1, -0.05) is 0 Å². The Balaban J connectivity index is 1.47. The minimum Gasteiger partial charge on any atom is -0.507 e. The quantitative estimate of drug-likeness (QED) is 0.641. The number of aromatic hydroxyl groups is 1. The van der Waals surface area contributed by atoms with Gasteiger partial charge in [-0.15, -0.1) is 10.2 Å². The zero-order chi connectivity index (χ0) is 22.6. The molecule has 0 amide bonds. The van der Waals surface area contributed by atoms with Crippen LogP contribution in [0.15, 0.2) is 29.3 Å². The lowest BCUT2D eigenvalue weighted by Crippen LogP contribution is -2.55. The number of phenolic OH excluding ortho intramolecular Hbond substituents is 1. The number of pyridine rings is 1. The zero-order valence-corrected chi connectivity index (χ0v) is 17.8. The number of nitrogens with one attached hydrogen (secondary N) is 1. The zero-order valence-electron chi connectivity index (χ0n) is 17.8. The van der Waals surface area contributed by atoms with Gasteiger partial charge in [0.05, 0.1) is 23.2 Å². The number of piperidine rings is 1. The maximum Gasteiger partial charge on any atom is 0.258 e. The van der Waals surface area contributed by atoms with E-state index >= 15 is 0 Å². The molecule has 0 saturated carbocycles. The van der Waals surface area contributed by atoms with Gasteiger partial charge in [-0.25, -0.2) is 13.8 Å². The number of aromatic nitrogens is 4. The molecule has 2 unspecified atom stereocenters. The number of anilines is 1. The minimum absolute atomic E-state index is 0.0720. The molecular formula is C22H24F2N6O2. The molecule has 2 bridgehead atoms. The molecule has 10 heteroatoms. The highest BCUT2D eigenvalue weighted by Crippen LogP contribution is 2.34. The molecule has 2 saturated heterocycles. The fraction of sp³-hybridized carbons (Fsp3) is 0.455. The van der Waals surface area contributed by atoms with Crippen LogP contribution in [0.2, 0.25) is 0 Å². The Labute approximate surface area is 182 Å². The summed E-state index contributed by atoms with van der Waals surface area (Å²) in [5.74, 6) is -0.325. The number of halogens is 2. The standard InChI is InChI=1S/C22H24F2N6O2/c1-3-30-10-15(23)12-7-14(18(31)8-13(12)22(30)32)21-25-9-19(27-28-21)29(2)17-6-11-4-5-16(26-11)20(17)24/h7-11,16-17,20,26,31H,3-6H2,1-2H3/t11?,16?,17-,20+/m0/s1. The van der Waals surface area contributed by atoms with Crippen LogP contribution in [0.25, 0.3) is 22.2 Å². The topological polar surface area (TPSA) is 96.2 Å². The van der Waals surface area contributed by atoms with Crippen LogP contribution < -0.4 is 15.8 Å². The predicted octanol–water partition coefficient (Wildman–Crippen LogP) is 2.39. The van der Waals surface area contributed by atoms with Crippen molar-refractivity contribution in [3.8, 4) is 17.1 Å². The summed E-state index contributed by atoms with van der Waals surface area (Å²) in [6.07, 6.45) is 4.08. The van der Waals surface area contributed by atoms with Gasteiger partial charge >= 0.3 is 0 Å². The normalized spacial score (nSPS) is 24.8. The smallest absolute Gasteiger partial charge is 0.258 e. The van der Waals surface area contributed by atoms with Gasteiger partial charge in [-0.3, -0.25) is 4.79 Å². The highest BCUT2D eigenvalue weighted by molar-refractivity contribution is 5.89. The van der Waals surface area contributed by atoms with Crippen LogP contribution in [0.3, 0.4) is 0 Å². The first-order valence-corrected chi connectivity index (χ1v) is 10.8. The van der Waals surface area contributed by atoms with E-state index in [-0.39, 0.29) is 40.0 Å². The lowest BCUT2D eigenvalue weighted by atomic mass is 9.96. The summed E-state index contributed by atoms with van der Waals surface area (Å²) in [7, 11) is 1.77. The Morgan fingerprint density at radius 2 is 2.09 bits per heavy atom. The van der Waals surface area contributed by atoms with Crippen LogP contribution in [-0.2, 0) is 6.54 Å². The van der Waals surface area contributed by atoms with Gasteiger partial charge in [-0.05, 0) is 38.3 Å². The third-order valence-corrected chi connectivity index (χ3v) is 6.70. The van der Waals surface area contributed by atoms with E-state index in [1.54, 1.807) is 18.9 Å². The van der Waals surface area contributed by atoms with Gasteiger partial charge in [0, 0.05) is 37.3 Å². The Morgan fingerprint density at radius 1 is 1.28 bits per heavy atom. The Hall–Kier alpha value is -3.14. The highest BCUT2D eigenvalue weighted by Gasteiger charge is 2.43. The van der Waals surface area contributed by atoms with E-state index in [0.29, 0.717) is 24.8 Å². The lowest BCUT2D eigenvalue weighted by Gasteiger charge is -2.38. The van der Waals surface area contributed by atoms with Crippen molar-refractivity contribution in [3.63, 3.8) is 0 Å². The third-order valence-electron chi connectivity index (χ3n) is 6.70. The monoisotopic (exact) mass is 442 g/mol. The number of rotatable bonds is 4. The largest absolute Gasteiger partial charge is 0.507 e. The summed E-state index contributed by atoms with van der Waals surface area (Å²) in [6, 6.07) is 2.43. The van der Waals surface area contributed by atoms with E-state index in [2.05, 4.69) is 20.5 Å². The number of aryl methyl sites for hydroxylation is 1. The molecule has 2 aromatic heterocycles. The van der Waals surface area contributed by atoms with Gasteiger partial charge in [0.15, 0.2) is 11.6 Å². The van der Waals surface area contributed by atoms with E-state index in [0.717, 1.165) is 19.0 Å². The molecule has 1 aromatic carbocycles. The highest BCUT2D eigenvalue weighted by atomic mass is 19.1. The fourth-order valence-electron chi connectivity index (χ4n) is 4.87. The van der Waals surface area contributed by atoms with Crippen LogP contribution in [0.1, 0.15) is 26.2 Å². The molecule has 2 aliphatic heterocycles. The number of alkyl halides is 1. The molecule has 2 aliphatic rings. The van der Waals surface area contributed by atoms with Crippen molar-refractivity contribution in [2.24, 2.45) is 0 Å². The lowest BCUT2D eigenvalue weighted by molar-refractivity contribution is 0.176. The Bertz CT molecular complexity index is 1230. The van der Waals surface area contributed by atoms with Gasteiger partial charge in [0.2, 0.25) is 0 Å². The molecular weight excluding hydrogens is 418 g/mol. The molecule has 0 aliphatic carbocycles. The van der Waals surface area contributed by atoms with Crippen molar-refractivity contribution in [3.05, 3.63) is 40.7 Å². The van der Waals surface area contributed by atoms with Crippen molar-refractivity contribution in [1.82, 2.24) is 25.1 Å². The van der Waals surface area contributed by atoms with Crippen molar-refractivity contribution < 1.29 is 13.9 Å². The first kappa shape index (κ1) is 20.7. The van der Waals surface area contributed by atoms with E-state index in [9.17, 15) is 18.7 Å². The summed E-state index contributed by atoms with van der Waals surface area (Å²) in [5.41, 5.74) is -0.228. The molecule has 2 N–H and O–H groups in total. The average Bonchev–Trinajstić information content (AvgIpc) is 3.21. The molecule has 2 fully saturated rings.